The maximum Gasteiger partial charge on any atom is 0.336 e. The van der Waals surface area contributed by atoms with Gasteiger partial charge in [-0.05, 0) is 50.2 Å². The summed E-state index contributed by atoms with van der Waals surface area (Å²) in [4.78, 5) is 11.9. The molecule has 4 nitrogen and oxygen atoms in total. The van der Waals surface area contributed by atoms with Crippen LogP contribution < -0.4 is 0 Å². The van der Waals surface area contributed by atoms with Gasteiger partial charge in [0.2, 0.25) is 0 Å². The molecule has 22 heavy (non-hydrogen) atoms. The summed E-state index contributed by atoms with van der Waals surface area (Å²) in [5.74, 6) is -0.178. The Morgan fingerprint density at radius 1 is 1.14 bits per heavy atom. The van der Waals surface area contributed by atoms with Crippen LogP contribution in [0.3, 0.4) is 0 Å². The van der Waals surface area contributed by atoms with E-state index in [0.717, 1.165) is 41.9 Å². The summed E-state index contributed by atoms with van der Waals surface area (Å²) >= 11 is 0. The summed E-state index contributed by atoms with van der Waals surface area (Å²) in [6.45, 7) is 0. The monoisotopic (exact) mass is 316 g/mol. The molecule has 2 aliphatic carbocycles. The highest BCUT2D eigenvalue weighted by Crippen LogP contribution is 2.42. The fourth-order valence-electron chi connectivity index (χ4n) is 3.62. The Kier molecular flexibility index (Phi) is 3.11. The van der Waals surface area contributed by atoms with Crippen LogP contribution in [0.5, 0.6) is 0 Å². The van der Waals surface area contributed by atoms with Gasteiger partial charge in [-0.25, -0.2) is 9.00 Å². The molecule has 1 N–H and O–H groups in total. The third kappa shape index (κ3) is 2.00. The molecule has 0 bridgehead atoms. The van der Waals surface area contributed by atoms with E-state index in [4.69, 9.17) is 9.84 Å². The fraction of sp³-hybridized carbons (Fsp3) is 0.353. The molecule has 0 aromatic carbocycles. The highest BCUT2D eigenvalue weighted by molar-refractivity contribution is 7.85. The zero-order chi connectivity index (χ0) is 15.3. The van der Waals surface area contributed by atoms with Gasteiger partial charge in [0.1, 0.15) is 5.76 Å². The smallest absolute Gasteiger partial charge is 0.336 e. The predicted molar refractivity (Wildman–Crippen MR) is 85.9 cm³/mol. The van der Waals surface area contributed by atoms with Crippen LogP contribution in [0.2, 0.25) is 0 Å². The van der Waals surface area contributed by atoms with Gasteiger partial charge in [0.25, 0.3) is 0 Å². The van der Waals surface area contributed by atoms with Crippen molar-refractivity contribution in [2.24, 2.45) is 0 Å². The quantitative estimate of drug-likeness (QED) is 0.755. The Morgan fingerprint density at radius 2 is 1.95 bits per heavy atom. The van der Waals surface area contributed by atoms with Crippen LogP contribution in [-0.2, 0) is 19.5 Å². The number of hydrogen-bond donors (Lipinski definition) is 1. The first-order chi connectivity index (χ1) is 10.6. The van der Waals surface area contributed by atoms with Crippen molar-refractivity contribution in [2.75, 3.05) is 0 Å². The second-order valence-corrected chi connectivity index (χ2v) is 7.18. The molecule has 2 aliphatic heterocycles. The van der Waals surface area contributed by atoms with Crippen molar-refractivity contribution in [2.45, 2.75) is 38.5 Å². The van der Waals surface area contributed by atoms with E-state index >= 15 is 0 Å². The fourth-order valence-corrected chi connectivity index (χ4v) is 4.92. The van der Waals surface area contributed by atoms with Gasteiger partial charge in [-0.3, -0.25) is 0 Å². The summed E-state index contributed by atoms with van der Waals surface area (Å²) in [6.07, 6.45) is 9.52. The van der Waals surface area contributed by atoms with Gasteiger partial charge in [-0.15, -0.1) is 0 Å². The lowest BCUT2D eigenvalue weighted by molar-refractivity contribution is -0.132. The van der Waals surface area contributed by atoms with Crippen LogP contribution in [-0.4, -0.2) is 25.5 Å². The Hall–Kier alpha value is -2.01. The number of rotatable bonds is 1. The van der Waals surface area contributed by atoms with Gasteiger partial charge < -0.3 is 9.84 Å². The molecule has 0 unspecified atom stereocenters. The van der Waals surface area contributed by atoms with Gasteiger partial charge in [-0.2, -0.15) is 0 Å². The summed E-state index contributed by atoms with van der Waals surface area (Å²) in [6, 6.07) is 0. The maximum absolute atomic E-state index is 12.5. The lowest BCUT2D eigenvalue weighted by atomic mass is 9.80. The minimum Gasteiger partial charge on any atom is -0.478 e. The molecule has 0 spiro atoms. The molecule has 4 rings (SSSR count). The standard InChI is InChI=1S/C17H16O4S/c18-17(19)12-7-11-8-21-15-13-4-2-1-3-10(13)5-6-14(15)16(11)22(20)9-12/h7-9H,1-6H2,(H,18,19). The van der Waals surface area contributed by atoms with Crippen LogP contribution >= 0.6 is 0 Å². The average molecular weight is 316 g/mol. The molecule has 0 fully saturated rings. The first-order valence-electron chi connectivity index (χ1n) is 7.54. The molecule has 2 heterocycles. The van der Waals surface area contributed by atoms with Gasteiger partial charge >= 0.3 is 5.97 Å². The van der Waals surface area contributed by atoms with Gasteiger partial charge in [0, 0.05) is 26.5 Å². The van der Waals surface area contributed by atoms with E-state index in [1.54, 1.807) is 12.3 Å². The van der Waals surface area contributed by atoms with Gasteiger partial charge in [0.15, 0.2) is 0 Å². The number of aliphatic carboxylic acids is 1. The molecule has 0 radical (unpaired) electrons. The van der Waals surface area contributed by atoms with E-state index in [-0.39, 0.29) is 5.57 Å². The largest absolute Gasteiger partial charge is 0.478 e. The van der Waals surface area contributed by atoms with Crippen molar-refractivity contribution >= 4 is 26.2 Å². The minimum atomic E-state index is -1.42. The number of carboxylic acid groups (broad SMARTS) is 1. The normalized spacial score (nSPS) is 23.6. The number of ether oxygens (including phenoxy) is 1. The lowest BCUT2D eigenvalue weighted by Gasteiger charge is -2.31. The van der Waals surface area contributed by atoms with Crippen molar-refractivity contribution in [1.82, 2.24) is 0 Å². The zero-order valence-electron chi connectivity index (χ0n) is 12.1. The molecule has 0 saturated heterocycles. The van der Waals surface area contributed by atoms with Crippen molar-refractivity contribution < 1.29 is 18.8 Å². The molecular formula is C17H16O4S. The molecule has 4 aliphatic rings. The molecular weight excluding hydrogens is 300 g/mol. The Labute approximate surface area is 130 Å². The van der Waals surface area contributed by atoms with Crippen LogP contribution in [0, 0.1) is 0 Å². The Morgan fingerprint density at radius 3 is 2.77 bits per heavy atom. The highest BCUT2D eigenvalue weighted by Gasteiger charge is 2.32. The van der Waals surface area contributed by atoms with E-state index in [1.165, 1.54) is 29.4 Å². The Balaban J connectivity index is 1.88. The van der Waals surface area contributed by atoms with E-state index in [9.17, 15) is 9.00 Å². The molecule has 5 heteroatoms. The number of hydrogen-bond acceptors (Lipinski definition) is 3. The highest BCUT2D eigenvalue weighted by atomic mass is 32.1. The second kappa shape index (κ2) is 5.02. The zero-order valence-corrected chi connectivity index (χ0v) is 12.9. The van der Waals surface area contributed by atoms with Crippen LogP contribution in [0.1, 0.15) is 38.5 Å². The first-order valence-corrected chi connectivity index (χ1v) is 8.76. The maximum atomic E-state index is 12.5. The average Bonchev–Trinajstić information content (AvgIpc) is 2.53. The lowest BCUT2D eigenvalue weighted by Crippen LogP contribution is -2.24. The minimum absolute atomic E-state index is 0.0642. The topological polar surface area (TPSA) is 63.6 Å². The van der Waals surface area contributed by atoms with Gasteiger partial charge in [-0.1, -0.05) is 5.57 Å². The van der Waals surface area contributed by atoms with Crippen LogP contribution in [0.15, 0.2) is 46.0 Å². The number of fused-ring (bicyclic) bond motifs is 3. The van der Waals surface area contributed by atoms with Crippen molar-refractivity contribution in [3.63, 3.8) is 0 Å². The molecule has 0 aromatic rings. The number of allylic oxidation sites excluding steroid dienone is 5. The van der Waals surface area contributed by atoms with E-state index in [0.29, 0.717) is 5.57 Å². The number of carbonyl (C=O) groups is 1. The Bertz CT molecular complexity index is 862. The van der Waals surface area contributed by atoms with Crippen molar-refractivity contribution in [3.8, 4) is 0 Å². The van der Waals surface area contributed by atoms with Crippen LogP contribution in [0.25, 0.3) is 0 Å². The SMILES string of the molecule is O=C(O)C1=CC2=COC3=C(CCC4=C3CCCC4)C2=S(=O)=C1. The summed E-state index contributed by atoms with van der Waals surface area (Å²) in [5.41, 5.74) is 4.48. The van der Waals surface area contributed by atoms with Crippen LogP contribution in [0.4, 0.5) is 0 Å². The van der Waals surface area contributed by atoms with Crippen molar-refractivity contribution in [1.29, 1.82) is 0 Å². The molecule has 114 valence electrons. The third-order valence-corrected chi connectivity index (χ3v) is 5.99. The summed E-state index contributed by atoms with van der Waals surface area (Å²) < 4.78 is 18.4. The second-order valence-electron chi connectivity index (χ2n) is 5.94. The third-order valence-electron chi connectivity index (χ3n) is 4.64. The summed E-state index contributed by atoms with van der Waals surface area (Å²) in [7, 11) is -1.42. The van der Waals surface area contributed by atoms with Crippen molar-refractivity contribution in [3.05, 3.63) is 46.0 Å². The predicted octanol–water partition coefficient (Wildman–Crippen LogP) is 2.57. The first kappa shape index (κ1) is 13.6. The molecule has 0 atom stereocenters. The molecule has 0 saturated carbocycles. The molecule has 0 amide bonds. The van der Waals surface area contributed by atoms with Gasteiger partial charge in [0.05, 0.1) is 16.7 Å². The van der Waals surface area contributed by atoms with E-state index < -0.39 is 15.9 Å². The number of carboxylic acids is 1. The molecule has 0 aromatic heterocycles. The van der Waals surface area contributed by atoms with E-state index in [1.807, 2.05) is 0 Å². The summed E-state index contributed by atoms with van der Waals surface area (Å²) in [5, 5.41) is 10.4. The van der Waals surface area contributed by atoms with E-state index in [2.05, 4.69) is 0 Å².